The van der Waals surface area contributed by atoms with Gasteiger partial charge in [0, 0.05) is 38.3 Å². The minimum absolute atomic E-state index is 0.0581. The number of pyridine rings is 1. The monoisotopic (exact) mass is 475 g/mol. The van der Waals surface area contributed by atoms with Crippen molar-refractivity contribution in [3.8, 4) is 5.75 Å². The highest BCUT2D eigenvalue weighted by molar-refractivity contribution is 6.02. The number of carbonyl (C=O) groups is 2. The number of nitrogens with one attached hydrogen (secondary N) is 1. The Morgan fingerprint density at radius 3 is 2.40 bits per heavy atom. The number of benzene rings is 2. The molecule has 1 aliphatic carbocycles. The Labute approximate surface area is 201 Å². The van der Waals surface area contributed by atoms with E-state index in [9.17, 15) is 19.7 Å². The number of carbonyl (C=O) groups excluding carboxylic acids is 2. The highest BCUT2D eigenvalue weighted by Crippen LogP contribution is 2.28. The first-order chi connectivity index (χ1) is 17.0. The zero-order chi connectivity index (χ0) is 24.4. The van der Waals surface area contributed by atoms with Gasteiger partial charge < -0.3 is 19.9 Å². The lowest BCUT2D eigenvalue weighted by molar-refractivity contribution is -0.385. The van der Waals surface area contributed by atoms with E-state index in [1.54, 1.807) is 11.0 Å². The van der Waals surface area contributed by atoms with Crippen molar-refractivity contribution in [1.82, 2.24) is 15.2 Å². The number of rotatable bonds is 7. The summed E-state index contributed by atoms with van der Waals surface area (Å²) in [7, 11) is 0. The third-order valence-corrected chi connectivity index (χ3v) is 6.21. The van der Waals surface area contributed by atoms with Gasteiger partial charge >= 0.3 is 0 Å². The number of aromatic nitrogens is 1. The van der Waals surface area contributed by atoms with Crippen molar-refractivity contribution >= 4 is 34.1 Å². The number of ether oxygens (including phenoxy) is 1. The number of fused-ring (bicyclic) bond motifs is 1. The van der Waals surface area contributed by atoms with E-state index in [4.69, 9.17) is 4.74 Å². The molecule has 0 bridgehead atoms. The lowest BCUT2D eigenvalue weighted by Crippen LogP contribution is -2.49. The number of anilines is 1. The second-order valence-electron chi connectivity index (χ2n) is 8.74. The van der Waals surface area contributed by atoms with Crippen molar-refractivity contribution in [3.63, 3.8) is 0 Å². The lowest BCUT2D eigenvalue weighted by atomic mass is 10.0. The number of hydrogen-bond donors (Lipinski definition) is 1. The Morgan fingerprint density at radius 1 is 1.06 bits per heavy atom. The zero-order valence-corrected chi connectivity index (χ0v) is 19.1. The first-order valence-corrected chi connectivity index (χ1v) is 11.6. The lowest BCUT2D eigenvalue weighted by Gasteiger charge is -2.35. The molecule has 2 amide bonds. The van der Waals surface area contributed by atoms with Crippen LogP contribution in [0.3, 0.4) is 0 Å². The van der Waals surface area contributed by atoms with Crippen LogP contribution < -0.4 is 15.0 Å². The molecule has 10 heteroatoms. The number of nitro groups is 1. The number of hydrogen-bond acceptors (Lipinski definition) is 7. The summed E-state index contributed by atoms with van der Waals surface area (Å²) in [4.78, 5) is 44.0. The fraction of sp³-hybridized carbons (Fsp3) is 0.320. The molecular weight excluding hydrogens is 450 g/mol. The van der Waals surface area contributed by atoms with Crippen LogP contribution in [0.5, 0.6) is 5.75 Å². The van der Waals surface area contributed by atoms with Crippen LogP contribution in [0.2, 0.25) is 0 Å². The van der Waals surface area contributed by atoms with E-state index in [1.807, 2.05) is 41.3 Å². The molecule has 180 valence electrons. The first kappa shape index (κ1) is 22.6. The Hall–Kier alpha value is -4.21. The van der Waals surface area contributed by atoms with Gasteiger partial charge in [0.2, 0.25) is 0 Å². The highest BCUT2D eigenvalue weighted by atomic mass is 16.6. The van der Waals surface area contributed by atoms with E-state index >= 15 is 0 Å². The van der Waals surface area contributed by atoms with Crippen LogP contribution in [0.15, 0.2) is 54.7 Å². The number of nitrogens with zero attached hydrogens (tertiary/aromatic N) is 4. The van der Waals surface area contributed by atoms with Crippen molar-refractivity contribution in [2.45, 2.75) is 18.9 Å². The molecule has 1 saturated heterocycles. The normalized spacial score (nSPS) is 15.7. The molecular formula is C25H25N5O5. The summed E-state index contributed by atoms with van der Waals surface area (Å²) in [6, 6.07) is 14.6. The van der Waals surface area contributed by atoms with Gasteiger partial charge in [0.15, 0.2) is 6.61 Å². The Bertz CT molecular complexity index is 1270. The van der Waals surface area contributed by atoms with Gasteiger partial charge in [-0.15, -0.1) is 0 Å². The summed E-state index contributed by atoms with van der Waals surface area (Å²) in [6.07, 6.45) is 3.23. The van der Waals surface area contributed by atoms with Crippen LogP contribution in [0.4, 0.5) is 11.5 Å². The van der Waals surface area contributed by atoms with Gasteiger partial charge in [-0.3, -0.25) is 19.7 Å². The van der Waals surface area contributed by atoms with E-state index in [1.165, 1.54) is 12.3 Å². The van der Waals surface area contributed by atoms with Crippen LogP contribution in [-0.2, 0) is 4.79 Å². The van der Waals surface area contributed by atoms with Crippen molar-refractivity contribution in [1.29, 1.82) is 0 Å². The highest BCUT2D eigenvalue weighted by Gasteiger charge is 2.27. The quantitative estimate of drug-likeness (QED) is 0.412. The summed E-state index contributed by atoms with van der Waals surface area (Å²) >= 11 is 0. The van der Waals surface area contributed by atoms with Gasteiger partial charge in [-0.1, -0.05) is 24.3 Å². The molecule has 2 fully saturated rings. The molecule has 5 rings (SSSR count). The first-order valence-electron chi connectivity index (χ1n) is 11.6. The average molecular weight is 476 g/mol. The van der Waals surface area contributed by atoms with Gasteiger partial charge in [0.25, 0.3) is 17.5 Å². The van der Waals surface area contributed by atoms with E-state index in [2.05, 4.69) is 10.3 Å². The maximum Gasteiger partial charge on any atom is 0.287 e. The fourth-order valence-corrected chi connectivity index (χ4v) is 4.13. The van der Waals surface area contributed by atoms with E-state index < -0.39 is 4.92 Å². The van der Waals surface area contributed by atoms with Gasteiger partial charge in [0.05, 0.1) is 10.5 Å². The minimum atomic E-state index is -0.480. The van der Waals surface area contributed by atoms with Crippen LogP contribution in [0, 0.1) is 10.1 Å². The molecule has 10 nitrogen and oxygen atoms in total. The zero-order valence-electron chi connectivity index (χ0n) is 19.1. The molecule has 1 aliphatic heterocycles. The summed E-state index contributed by atoms with van der Waals surface area (Å²) < 4.78 is 5.83. The van der Waals surface area contributed by atoms with Crippen molar-refractivity contribution in [2.75, 3.05) is 37.7 Å². The largest absolute Gasteiger partial charge is 0.483 e. The third-order valence-electron chi connectivity index (χ3n) is 6.21. The second-order valence-corrected chi connectivity index (χ2v) is 8.74. The summed E-state index contributed by atoms with van der Waals surface area (Å²) in [5.41, 5.74) is 0.363. The smallest absolute Gasteiger partial charge is 0.287 e. The molecule has 0 atom stereocenters. The van der Waals surface area contributed by atoms with Crippen molar-refractivity contribution in [3.05, 3.63) is 70.4 Å². The summed E-state index contributed by atoms with van der Waals surface area (Å²) in [5.74, 6) is 0.672. The Morgan fingerprint density at radius 2 is 1.77 bits per heavy atom. The fourth-order valence-electron chi connectivity index (χ4n) is 4.13. The Balaban J connectivity index is 1.30. The number of amides is 2. The SMILES string of the molecule is O=C(COc1cc2ccccc2cc1C(=O)N1CCN(c2ccc([N+](=O)[O-])cn2)CC1)NC1CC1. The standard InChI is InChI=1S/C25H25N5O5/c31-24(27-19-5-6-19)16-35-22-14-18-4-2-1-3-17(18)13-21(22)25(32)29-11-9-28(10-12-29)23-8-7-20(15-26-23)30(33)34/h1-4,7-8,13-15,19H,5-6,9-12,16H2,(H,27,31). The topological polar surface area (TPSA) is 118 Å². The van der Waals surface area contributed by atoms with Gasteiger partial charge in [0.1, 0.15) is 17.8 Å². The second kappa shape index (κ2) is 9.57. The van der Waals surface area contributed by atoms with Crippen molar-refractivity contribution < 1.29 is 19.2 Å². The van der Waals surface area contributed by atoms with E-state index in [0.717, 1.165) is 23.6 Å². The molecule has 0 unspecified atom stereocenters. The molecule has 1 aromatic heterocycles. The van der Waals surface area contributed by atoms with Crippen LogP contribution in [0.25, 0.3) is 10.8 Å². The molecule has 2 aromatic carbocycles. The minimum Gasteiger partial charge on any atom is -0.483 e. The number of piperazine rings is 1. The van der Waals surface area contributed by atoms with Gasteiger partial charge in [-0.25, -0.2) is 4.98 Å². The molecule has 2 aliphatic rings. The van der Waals surface area contributed by atoms with Gasteiger partial charge in [-0.2, -0.15) is 0 Å². The summed E-state index contributed by atoms with van der Waals surface area (Å²) in [5, 5.41) is 15.6. The predicted octanol–water partition coefficient (Wildman–Crippen LogP) is 2.76. The van der Waals surface area contributed by atoms with Gasteiger partial charge in [-0.05, 0) is 41.8 Å². The van der Waals surface area contributed by atoms with E-state index in [-0.39, 0.29) is 30.2 Å². The average Bonchev–Trinajstić information content (AvgIpc) is 3.70. The molecule has 1 saturated carbocycles. The maximum absolute atomic E-state index is 13.5. The van der Waals surface area contributed by atoms with E-state index in [0.29, 0.717) is 43.3 Å². The molecule has 2 heterocycles. The Kier molecular flexibility index (Phi) is 6.17. The molecule has 35 heavy (non-hydrogen) atoms. The van der Waals surface area contributed by atoms with Crippen LogP contribution in [-0.4, -0.2) is 65.4 Å². The van der Waals surface area contributed by atoms with Crippen molar-refractivity contribution in [2.24, 2.45) is 0 Å². The third kappa shape index (κ3) is 5.16. The maximum atomic E-state index is 13.5. The molecule has 3 aromatic rings. The molecule has 1 N–H and O–H groups in total. The summed E-state index contributed by atoms with van der Waals surface area (Å²) in [6.45, 7) is 1.88. The van der Waals surface area contributed by atoms with Crippen LogP contribution >= 0.6 is 0 Å². The molecule has 0 spiro atoms. The molecule has 0 radical (unpaired) electrons. The predicted molar refractivity (Wildman–Crippen MR) is 130 cm³/mol. The van der Waals surface area contributed by atoms with Crippen LogP contribution in [0.1, 0.15) is 23.2 Å².